The zero-order valence-electron chi connectivity index (χ0n) is 10.0. The van der Waals surface area contributed by atoms with Gasteiger partial charge in [0.05, 0.1) is 10.6 Å². The summed E-state index contributed by atoms with van der Waals surface area (Å²) in [4.78, 5) is 0. The van der Waals surface area contributed by atoms with Gasteiger partial charge in [0.1, 0.15) is 11.6 Å². The number of aliphatic hydroxyl groups is 1. The number of hydrogen-bond acceptors (Lipinski definition) is 2. The highest BCUT2D eigenvalue weighted by Gasteiger charge is 2.16. The molecule has 19 heavy (non-hydrogen) atoms. The Labute approximate surface area is 117 Å². The molecule has 1 atom stereocenters. The monoisotopic (exact) mass is 328 g/mol. The molecule has 0 bridgehead atoms. The molecule has 2 aromatic carbocycles. The fourth-order valence-electron chi connectivity index (χ4n) is 1.63. The van der Waals surface area contributed by atoms with Crippen molar-refractivity contribution in [2.45, 2.75) is 13.0 Å². The first-order valence-electron chi connectivity index (χ1n) is 5.58. The van der Waals surface area contributed by atoms with Crippen molar-refractivity contribution in [2.24, 2.45) is 0 Å². The molecule has 0 aliphatic heterocycles. The lowest BCUT2D eigenvalue weighted by atomic mass is 10.1. The average Bonchev–Trinajstić information content (AvgIpc) is 2.35. The van der Waals surface area contributed by atoms with Crippen molar-refractivity contribution in [3.63, 3.8) is 0 Å². The second kappa shape index (κ2) is 5.67. The van der Waals surface area contributed by atoms with Crippen LogP contribution in [0.1, 0.15) is 18.6 Å². The van der Waals surface area contributed by atoms with Crippen LogP contribution in [-0.4, -0.2) is 5.11 Å². The standard InChI is InChI=1S/C14H11BrF2O2/c1-8(18)10-3-2-4-12(17)14(10)19-13-7-9(16)5-6-11(13)15/h2-8,18H,1H3/t8-/m0/s1. The van der Waals surface area contributed by atoms with E-state index in [1.807, 2.05) is 0 Å². The molecule has 0 aliphatic carbocycles. The van der Waals surface area contributed by atoms with Crippen molar-refractivity contribution in [1.82, 2.24) is 0 Å². The summed E-state index contributed by atoms with van der Waals surface area (Å²) in [5.74, 6) is -1.07. The number of halogens is 3. The van der Waals surface area contributed by atoms with Gasteiger partial charge in [0.25, 0.3) is 0 Å². The van der Waals surface area contributed by atoms with Gasteiger partial charge in [-0.3, -0.25) is 0 Å². The molecule has 2 rings (SSSR count). The van der Waals surface area contributed by atoms with E-state index >= 15 is 0 Å². The summed E-state index contributed by atoms with van der Waals surface area (Å²) in [5, 5.41) is 9.60. The van der Waals surface area contributed by atoms with E-state index in [0.717, 1.165) is 6.07 Å². The van der Waals surface area contributed by atoms with E-state index in [4.69, 9.17) is 4.74 Å². The largest absolute Gasteiger partial charge is 0.453 e. The number of benzene rings is 2. The van der Waals surface area contributed by atoms with E-state index in [9.17, 15) is 13.9 Å². The van der Waals surface area contributed by atoms with Crippen LogP contribution in [-0.2, 0) is 0 Å². The molecule has 1 N–H and O–H groups in total. The van der Waals surface area contributed by atoms with Crippen LogP contribution >= 0.6 is 15.9 Å². The van der Waals surface area contributed by atoms with Gasteiger partial charge in [0.2, 0.25) is 0 Å². The van der Waals surface area contributed by atoms with Gasteiger partial charge in [-0.15, -0.1) is 0 Å². The lowest BCUT2D eigenvalue weighted by molar-refractivity contribution is 0.194. The molecule has 0 saturated carbocycles. The normalized spacial score (nSPS) is 12.3. The maximum absolute atomic E-state index is 13.8. The second-order valence-corrected chi connectivity index (χ2v) is 4.87. The van der Waals surface area contributed by atoms with E-state index in [1.54, 1.807) is 6.07 Å². The summed E-state index contributed by atoms with van der Waals surface area (Å²) in [7, 11) is 0. The minimum absolute atomic E-state index is 0.108. The lowest BCUT2D eigenvalue weighted by Gasteiger charge is -2.14. The third-order valence-corrected chi connectivity index (χ3v) is 3.21. The molecule has 0 heterocycles. The molecule has 100 valence electrons. The Bertz CT molecular complexity index is 600. The number of rotatable bonds is 3. The van der Waals surface area contributed by atoms with Gasteiger partial charge in [0, 0.05) is 11.6 Å². The highest BCUT2D eigenvalue weighted by Crippen LogP contribution is 2.35. The molecule has 0 spiro atoms. The first-order chi connectivity index (χ1) is 8.99. The zero-order valence-corrected chi connectivity index (χ0v) is 11.6. The van der Waals surface area contributed by atoms with Crippen LogP contribution in [0.5, 0.6) is 11.5 Å². The molecule has 0 amide bonds. The van der Waals surface area contributed by atoms with E-state index in [2.05, 4.69) is 15.9 Å². The van der Waals surface area contributed by atoms with Gasteiger partial charge in [-0.2, -0.15) is 0 Å². The summed E-state index contributed by atoms with van der Waals surface area (Å²) in [5.41, 5.74) is 0.302. The summed E-state index contributed by atoms with van der Waals surface area (Å²) < 4.78 is 32.8. The van der Waals surface area contributed by atoms with Gasteiger partial charge >= 0.3 is 0 Å². The maximum Gasteiger partial charge on any atom is 0.168 e. The maximum atomic E-state index is 13.8. The van der Waals surface area contributed by atoms with Crippen molar-refractivity contribution < 1.29 is 18.6 Å². The molecule has 0 radical (unpaired) electrons. The third-order valence-electron chi connectivity index (χ3n) is 2.55. The number of hydrogen-bond donors (Lipinski definition) is 1. The Hall–Kier alpha value is -1.46. The summed E-state index contributed by atoms with van der Waals surface area (Å²) >= 11 is 3.20. The van der Waals surface area contributed by atoms with E-state index in [0.29, 0.717) is 10.0 Å². The Kier molecular flexibility index (Phi) is 4.17. The summed E-state index contributed by atoms with van der Waals surface area (Å²) in [6.45, 7) is 1.50. The molecule has 2 aromatic rings. The smallest absolute Gasteiger partial charge is 0.168 e. The number of aliphatic hydroxyl groups excluding tert-OH is 1. The Morgan fingerprint density at radius 3 is 2.63 bits per heavy atom. The van der Waals surface area contributed by atoms with Crippen LogP contribution in [0.15, 0.2) is 40.9 Å². The summed E-state index contributed by atoms with van der Waals surface area (Å²) in [6.07, 6.45) is -0.891. The van der Waals surface area contributed by atoms with Crippen LogP contribution in [0.3, 0.4) is 0 Å². The number of ether oxygens (including phenoxy) is 1. The second-order valence-electron chi connectivity index (χ2n) is 4.01. The van der Waals surface area contributed by atoms with Gasteiger partial charge in [-0.25, -0.2) is 8.78 Å². The molecule has 0 fully saturated rings. The predicted octanol–water partition coefficient (Wildman–Crippen LogP) is 4.57. The fourth-order valence-corrected chi connectivity index (χ4v) is 1.96. The van der Waals surface area contributed by atoms with Gasteiger partial charge in [-0.05, 0) is 41.1 Å². The SMILES string of the molecule is C[C@H](O)c1cccc(F)c1Oc1cc(F)ccc1Br. The molecule has 0 saturated heterocycles. The van der Waals surface area contributed by atoms with Crippen LogP contribution in [0.4, 0.5) is 8.78 Å². The van der Waals surface area contributed by atoms with E-state index in [-0.39, 0.29) is 11.5 Å². The fraction of sp³-hybridized carbons (Fsp3) is 0.143. The minimum atomic E-state index is -0.891. The zero-order chi connectivity index (χ0) is 14.0. The van der Waals surface area contributed by atoms with Crippen LogP contribution in [0, 0.1) is 11.6 Å². The molecule has 2 nitrogen and oxygen atoms in total. The lowest BCUT2D eigenvalue weighted by Crippen LogP contribution is -1.99. The summed E-state index contributed by atoms with van der Waals surface area (Å²) in [6, 6.07) is 8.11. The van der Waals surface area contributed by atoms with Crippen LogP contribution in [0.2, 0.25) is 0 Å². The van der Waals surface area contributed by atoms with Crippen LogP contribution < -0.4 is 4.74 Å². The highest BCUT2D eigenvalue weighted by atomic mass is 79.9. The first kappa shape index (κ1) is 14.0. The minimum Gasteiger partial charge on any atom is -0.453 e. The third kappa shape index (κ3) is 3.11. The van der Waals surface area contributed by atoms with Crippen molar-refractivity contribution in [3.05, 3.63) is 58.1 Å². The molecule has 0 aliphatic rings. The first-order valence-corrected chi connectivity index (χ1v) is 6.37. The Balaban J connectivity index is 2.46. The molecular formula is C14H11BrF2O2. The van der Waals surface area contributed by atoms with E-state index < -0.39 is 17.7 Å². The molecular weight excluding hydrogens is 318 g/mol. The van der Waals surface area contributed by atoms with Crippen molar-refractivity contribution in [1.29, 1.82) is 0 Å². The predicted molar refractivity (Wildman–Crippen MR) is 71.2 cm³/mol. The van der Waals surface area contributed by atoms with E-state index in [1.165, 1.54) is 31.2 Å². The van der Waals surface area contributed by atoms with Gasteiger partial charge in [-0.1, -0.05) is 12.1 Å². The Morgan fingerprint density at radius 2 is 1.95 bits per heavy atom. The molecule has 5 heteroatoms. The molecule has 0 unspecified atom stereocenters. The van der Waals surface area contributed by atoms with Crippen molar-refractivity contribution >= 4 is 15.9 Å². The van der Waals surface area contributed by atoms with Crippen molar-refractivity contribution in [2.75, 3.05) is 0 Å². The topological polar surface area (TPSA) is 29.5 Å². The number of para-hydroxylation sites is 1. The quantitative estimate of drug-likeness (QED) is 0.894. The van der Waals surface area contributed by atoms with Crippen LogP contribution in [0.25, 0.3) is 0 Å². The average molecular weight is 329 g/mol. The Morgan fingerprint density at radius 1 is 1.21 bits per heavy atom. The molecule has 0 aromatic heterocycles. The van der Waals surface area contributed by atoms with Crippen molar-refractivity contribution in [3.8, 4) is 11.5 Å². The van der Waals surface area contributed by atoms with Gasteiger partial charge < -0.3 is 9.84 Å². The van der Waals surface area contributed by atoms with Gasteiger partial charge in [0.15, 0.2) is 11.6 Å². The highest BCUT2D eigenvalue weighted by molar-refractivity contribution is 9.10.